The van der Waals surface area contributed by atoms with Crippen LogP contribution in [-0.2, 0) is 10.8 Å². The summed E-state index contributed by atoms with van der Waals surface area (Å²) in [6.07, 6.45) is 1.91. The van der Waals surface area contributed by atoms with Crippen molar-refractivity contribution in [2.24, 2.45) is 0 Å². The van der Waals surface area contributed by atoms with E-state index in [9.17, 15) is 0 Å². The summed E-state index contributed by atoms with van der Waals surface area (Å²) in [7, 11) is 0. The van der Waals surface area contributed by atoms with Gasteiger partial charge in [0.15, 0.2) is 0 Å². The first kappa shape index (κ1) is 35.3. The number of nitrogens with zero attached hydrogens (tertiary/aromatic N) is 5. The summed E-state index contributed by atoms with van der Waals surface area (Å²) >= 11 is 0. The van der Waals surface area contributed by atoms with Gasteiger partial charge in [-0.3, -0.25) is 4.57 Å². The molecular weight excluding hydrogens is 771 g/mol. The molecule has 0 N–H and O–H groups in total. The van der Waals surface area contributed by atoms with E-state index in [0.717, 1.165) is 61.4 Å². The molecule has 63 heavy (non-hydrogen) atoms. The van der Waals surface area contributed by atoms with Gasteiger partial charge in [-0.25, -0.2) is 4.98 Å². The monoisotopic (exact) mass is 824 g/mol. The summed E-state index contributed by atoms with van der Waals surface area (Å²) in [5.74, 6) is 2.19. The number of aromatic nitrogens is 3. The number of fused-ring (bicyclic) bond motifs is 7. The minimum Gasteiger partial charge on any atom is -0.457 e. The van der Waals surface area contributed by atoms with Gasteiger partial charge in [-0.05, 0) is 124 Å². The Balaban J connectivity index is 1.05. The Kier molecular flexibility index (Phi) is 8.06. The lowest BCUT2D eigenvalue weighted by atomic mass is 9.86. The number of pyridine rings is 1. The van der Waals surface area contributed by atoms with Crippen molar-refractivity contribution in [1.29, 1.82) is 0 Å². The largest absolute Gasteiger partial charge is 0.457 e. The predicted molar refractivity (Wildman–Crippen MR) is 264 cm³/mol. The number of para-hydroxylation sites is 4. The fourth-order valence-corrected chi connectivity index (χ4v) is 9.31. The van der Waals surface area contributed by atoms with Gasteiger partial charge in [-0.1, -0.05) is 102 Å². The number of hydrogen-bond acceptors (Lipinski definition) is 4. The Hall–Kier alpha value is -7.31. The highest BCUT2D eigenvalue weighted by Crippen LogP contribution is 2.44. The molecule has 0 radical (unpaired) electrons. The molecule has 0 saturated heterocycles. The van der Waals surface area contributed by atoms with Gasteiger partial charge in [0.25, 0.3) is 0 Å². The van der Waals surface area contributed by atoms with Crippen molar-refractivity contribution >= 4 is 60.7 Å². The summed E-state index contributed by atoms with van der Waals surface area (Å²) in [6.45, 7) is 11.1. The summed E-state index contributed by atoms with van der Waals surface area (Å²) in [5, 5.41) is 4.64. The second-order valence-corrected chi connectivity index (χ2v) is 18.9. The Morgan fingerprint density at radius 1 is 0.492 bits per heavy atom. The van der Waals surface area contributed by atoms with Crippen LogP contribution in [0, 0.1) is 0 Å². The maximum absolute atomic E-state index is 8.31. The molecule has 0 bridgehead atoms. The molecule has 0 amide bonds. The van der Waals surface area contributed by atoms with Crippen molar-refractivity contribution in [2.45, 2.75) is 52.4 Å². The maximum atomic E-state index is 8.31. The van der Waals surface area contributed by atoms with Crippen LogP contribution in [0.2, 0.25) is 0 Å². The maximum Gasteiger partial charge on any atom is 0.137 e. The van der Waals surface area contributed by atoms with Crippen LogP contribution in [0.25, 0.3) is 66.2 Å². The average molecular weight is 825 g/mol. The Labute approximate surface area is 373 Å². The van der Waals surface area contributed by atoms with E-state index in [1.54, 1.807) is 0 Å². The SMILES string of the molecule is [2H]C([2H])([2H])N1CN(c2cc(Oc3ccc4c5cc(-c6ccc7c(c6)c6ccccc6n7-c6ccccc6)ccc5n(-c5cc(C(C)(C)C)ccn5)c4c3)cc(C(C)(C)C)c2)c2ccccc21. The van der Waals surface area contributed by atoms with E-state index in [4.69, 9.17) is 13.8 Å². The molecule has 0 saturated carbocycles. The fourth-order valence-electron chi connectivity index (χ4n) is 9.31. The molecule has 0 aliphatic carbocycles. The van der Waals surface area contributed by atoms with E-state index in [0.29, 0.717) is 17.2 Å². The highest BCUT2D eigenvalue weighted by molar-refractivity contribution is 6.13. The smallest absolute Gasteiger partial charge is 0.137 e. The van der Waals surface area contributed by atoms with Gasteiger partial charge < -0.3 is 19.1 Å². The molecule has 1 aliphatic heterocycles. The topological polar surface area (TPSA) is 38.5 Å². The highest BCUT2D eigenvalue weighted by Gasteiger charge is 2.27. The van der Waals surface area contributed by atoms with Crippen LogP contribution in [0.15, 0.2) is 170 Å². The molecule has 10 aromatic rings. The summed E-state index contributed by atoms with van der Waals surface area (Å²) in [4.78, 5) is 8.53. The first-order valence-electron chi connectivity index (χ1n) is 23.2. The van der Waals surface area contributed by atoms with E-state index in [-0.39, 0.29) is 17.5 Å². The third-order valence-corrected chi connectivity index (χ3v) is 12.6. The molecule has 6 nitrogen and oxygen atoms in total. The molecule has 3 aromatic heterocycles. The molecule has 0 spiro atoms. The number of hydrogen-bond donors (Lipinski definition) is 0. The molecule has 4 heterocycles. The molecule has 0 atom stereocenters. The van der Waals surface area contributed by atoms with Crippen molar-refractivity contribution in [1.82, 2.24) is 14.1 Å². The average Bonchev–Trinajstić information content (AvgIpc) is 3.96. The molecule has 0 unspecified atom stereocenters. The quantitative estimate of drug-likeness (QED) is 0.167. The minimum absolute atomic E-state index is 0.0771. The standard InChI is InChI=1S/C57H51N5O/c1-56(2,3)39-27-28-58-55(33-39)62-51-26-22-38(37-21-25-50-47(29-37)45-17-11-12-18-49(45)61(50)41-15-9-8-10-16-41)30-48(51)46-24-23-43(35-54(46)62)63-44-32-40(57(4,5)6)31-42(34-44)60-36-59(7)52-19-13-14-20-53(52)60/h8-35H,36H2,1-7H3/i7D3. The van der Waals surface area contributed by atoms with Crippen molar-refractivity contribution in [2.75, 3.05) is 23.4 Å². The second-order valence-electron chi connectivity index (χ2n) is 18.9. The van der Waals surface area contributed by atoms with Crippen LogP contribution in [-0.4, -0.2) is 27.8 Å². The van der Waals surface area contributed by atoms with Crippen LogP contribution >= 0.6 is 0 Å². The summed E-state index contributed by atoms with van der Waals surface area (Å²) < 4.78 is 36.4. The number of anilines is 3. The second kappa shape index (κ2) is 14.4. The third-order valence-electron chi connectivity index (χ3n) is 12.6. The summed E-state index contributed by atoms with van der Waals surface area (Å²) in [6, 6.07) is 57.4. The third kappa shape index (κ3) is 6.60. The van der Waals surface area contributed by atoms with Gasteiger partial charge in [0.05, 0.1) is 40.1 Å². The van der Waals surface area contributed by atoms with Crippen LogP contribution in [0.4, 0.5) is 17.1 Å². The zero-order chi connectivity index (χ0) is 45.7. The highest BCUT2D eigenvalue weighted by atomic mass is 16.5. The predicted octanol–water partition coefficient (Wildman–Crippen LogP) is 14.9. The fraction of sp³-hybridized carbons (Fsp3) is 0.175. The Morgan fingerprint density at radius 3 is 1.87 bits per heavy atom. The first-order valence-corrected chi connectivity index (χ1v) is 21.7. The van der Waals surface area contributed by atoms with E-state index in [2.05, 4.69) is 183 Å². The Morgan fingerprint density at radius 2 is 1.14 bits per heavy atom. The Bertz CT molecular complexity index is 3520. The number of benzene rings is 7. The number of rotatable bonds is 6. The van der Waals surface area contributed by atoms with Gasteiger partial charge in [0.2, 0.25) is 0 Å². The van der Waals surface area contributed by atoms with E-state index < -0.39 is 6.98 Å². The van der Waals surface area contributed by atoms with Gasteiger partial charge >= 0.3 is 0 Å². The van der Waals surface area contributed by atoms with E-state index in [1.807, 2.05) is 42.6 Å². The van der Waals surface area contributed by atoms with Crippen LogP contribution in [0.3, 0.4) is 0 Å². The molecule has 310 valence electrons. The minimum atomic E-state index is -2.29. The van der Waals surface area contributed by atoms with Gasteiger partial charge in [0.1, 0.15) is 17.3 Å². The molecule has 0 fully saturated rings. The van der Waals surface area contributed by atoms with Crippen molar-refractivity contribution < 1.29 is 8.85 Å². The van der Waals surface area contributed by atoms with Gasteiger partial charge in [-0.15, -0.1) is 0 Å². The lowest BCUT2D eigenvalue weighted by Gasteiger charge is -2.25. The zero-order valence-electron chi connectivity index (χ0n) is 39.5. The van der Waals surface area contributed by atoms with Crippen molar-refractivity contribution in [3.8, 4) is 34.1 Å². The lowest BCUT2D eigenvalue weighted by molar-refractivity contribution is 0.479. The van der Waals surface area contributed by atoms with Crippen molar-refractivity contribution in [3.63, 3.8) is 0 Å². The molecular formula is C57H51N5O. The lowest BCUT2D eigenvalue weighted by Crippen LogP contribution is -2.24. The van der Waals surface area contributed by atoms with E-state index >= 15 is 0 Å². The van der Waals surface area contributed by atoms with Gasteiger partial charge in [-0.2, -0.15) is 0 Å². The number of ether oxygens (including phenoxy) is 1. The van der Waals surface area contributed by atoms with Gasteiger partial charge in [0, 0.05) is 62.3 Å². The molecule has 7 aromatic carbocycles. The summed E-state index contributed by atoms with van der Waals surface area (Å²) in [5.41, 5.74) is 12.2. The molecule has 6 heteroatoms. The normalized spacial score (nSPS) is 14.1. The van der Waals surface area contributed by atoms with Crippen LogP contribution in [0.1, 0.15) is 56.8 Å². The molecule has 1 aliphatic rings. The zero-order valence-corrected chi connectivity index (χ0v) is 36.5. The molecule has 11 rings (SSSR count). The van der Waals surface area contributed by atoms with Crippen LogP contribution < -0.4 is 14.5 Å². The van der Waals surface area contributed by atoms with Crippen LogP contribution in [0.5, 0.6) is 11.5 Å². The first-order chi connectivity index (χ1) is 31.6. The van der Waals surface area contributed by atoms with Crippen molar-refractivity contribution in [3.05, 3.63) is 181 Å². The van der Waals surface area contributed by atoms with E-state index in [1.165, 1.54) is 32.3 Å².